The topological polar surface area (TPSA) is 168 Å². The van der Waals surface area contributed by atoms with Crippen LogP contribution in [-0.4, -0.2) is 52.1 Å². The van der Waals surface area contributed by atoms with Crippen LogP contribution < -0.4 is 16.4 Å². The van der Waals surface area contributed by atoms with Crippen LogP contribution in [0.2, 0.25) is 0 Å². The van der Waals surface area contributed by atoms with Gasteiger partial charge in [-0.3, -0.25) is 28.8 Å². The van der Waals surface area contributed by atoms with Gasteiger partial charge in [0.1, 0.15) is 5.78 Å². The number of rotatable bonds is 17. The molecule has 0 radical (unpaired) electrons. The standard InChI is InChI=1S/C38H42N4O6/c1-24(40-35(46)28(18-25-12-6-4-7-13-25)21-30(43)19-26-14-8-5-9-15-26)34(45)36(47)42-32(33(44)23-38(2,3)37(39)48)22-29-20-27-16-10-11-17-31(27)41-29/h4-17,20,24,28,32,41H,18-19,21-23H2,1-3H3,(H2,39,48)(H,40,46)(H,42,47)/t24?,28-,32+/m1/s1. The number of amides is 3. The number of hydrogen-bond donors (Lipinski definition) is 4. The smallest absolute Gasteiger partial charge is 0.290 e. The number of para-hydroxylation sites is 1. The zero-order chi connectivity index (χ0) is 34.8. The molecular formula is C38H42N4O6. The normalized spacial score (nSPS) is 13.2. The Labute approximate surface area is 279 Å². The fraction of sp³-hybridized carbons (Fsp3) is 0.316. The molecule has 10 nitrogen and oxygen atoms in total. The van der Waals surface area contributed by atoms with Gasteiger partial charge in [0.25, 0.3) is 5.91 Å². The minimum absolute atomic E-state index is 0.0325. The number of fused-ring (bicyclic) bond motifs is 1. The number of Topliss-reactive ketones (excluding diaryl/α,β-unsaturated/α-hetero) is 3. The number of nitrogens with two attached hydrogens (primary N) is 1. The fourth-order valence-corrected chi connectivity index (χ4v) is 5.50. The molecule has 1 unspecified atom stereocenters. The van der Waals surface area contributed by atoms with E-state index in [0.29, 0.717) is 5.69 Å². The number of primary amides is 1. The molecule has 1 aromatic heterocycles. The Balaban J connectivity index is 1.46. The van der Waals surface area contributed by atoms with Crippen molar-refractivity contribution in [2.75, 3.05) is 0 Å². The Bertz CT molecular complexity index is 1750. The summed E-state index contributed by atoms with van der Waals surface area (Å²) in [5.74, 6) is -4.63. The molecule has 3 aromatic carbocycles. The highest BCUT2D eigenvalue weighted by molar-refractivity contribution is 6.38. The monoisotopic (exact) mass is 650 g/mol. The molecule has 3 atom stereocenters. The number of ketones is 3. The number of carbonyl (C=O) groups is 6. The molecule has 4 aromatic rings. The van der Waals surface area contributed by atoms with E-state index in [9.17, 15) is 28.8 Å². The average Bonchev–Trinajstić information content (AvgIpc) is 3.47. The van der Waals surface area contributed by atoms with Crippen molar-refractivity contribution in [3.63, 3.8) is 0 Å². The maximum Gasteiger partial charge on any atom is 0.290 e. The van der Waals surface area contributed by atoms with Crippen molar-refractivity contribution in [3.8, 4) is 0 Å². The summed E-state index contributed by atoms with van der Waals surface area (Å²) in [6.07, 6.45) is 0.141. The molecule has 10 heteroatoms. The predicted octanol–water partition coefficient (Wildman–Crippen LogP) is 3.80. The molecule has 0 aliphatic heterocycles. The fourth-order valence-electron chi connectivity index (χ4n) is 5.50. The number of nitrogens with one attached hydrogen (secondary N) is 3. The van der Waals surface area contributed by atoms with Crippen LogP contribution in [0.5, 0.6) is 0 Å². The summed E-state index contributed by atoms with van der Waals surface area (Å²) in [5, 5.41) is 6.06. The van der Waals surface area contributed by atoms with Crippen LogP contribution in [0.15, 0.2) is 91.0 Å². The van der Waals surface area contributed by atoms with E-state index >= 15 is 0 Å². The molecule has 3 amide bonds. The Hall–Kier alpha value is -5.38. The molecule has 0 saturated carbocycles. The Morgan fingerprint density at radius 1 is 0.792 bits per heavy atom. The first kappa shape index (κ1) is 35.5. The van der Waals surface area contributed by atoms with E-state index in [-0.39, 0.29) is 37.9 Å². The van der Waals surface area contributed by atoms with Gasteiger partial charge in [0.15, 0.2) is 5.78 Å². The summed E-state index contributed by atoms with van der Waals surface area (Å²) < 4.78 is 0. The van der Waals surface area contributed by atoms with Gasteiger partial charge in [-0.15, -0.1) is 0 Å². The summed E-state index contributed by atoms with van der Waals surface area (Å²) in [5.41, 5.74) is 7.47. The van der Waals surface area contributed by atoms with Gasteiger partial charge in [0.05, 0.1) is 17.5 Å². The van der Waals surface area contributed by atoms with Gasteiger partial charge >= 0.3 is 0 Å². The lowest BCUT2D eigenvalue weighted by Gasteiger charge is -2.24. The zero-order valence-electron chi connectivity index (χ0n) is 27.5. The molecule has 0 spiro atoms. The van der Waals surface area contributed by atoms with Gasteiger partial charge in [-0.1, -0.05) is 92.7 Å². The van der Waals surface area contributed by atoms with Crippen LogP contribution in [0, 0.1) is 11.3 Å². The first-order valence-corrected chi connectivity index (χ1v) is 16.0. The summed E-state index contributed by atoms with van der Waals surface area (Å²) in [6, 6.07) is 25.4. The van der Waals surface area contributed by atoms with E-state index in [1.165, 1.54) is 20.8 Å². The van der Waals surface area contributed by atoms with E-state index in [2.05, 4.69) is 15.6 Å². The van der Waals surface area contributed by atoms with Crippen LogP contribution in [0.1, 0.15) is 50.4 Å². The maximum absolute atomic E-state index is 13.5. The van der Waals surface area contributed by atoms with E-state index in [0.717, 1.165) is 22.0 Å². The molecule has 0 bridgehead atoms. The van der Waals surface area contributed by atoms with E-state index < -0.39 is 52.7 Å². The number of benzene rings is 3. The highest BCUT2D eigenvalue weighted by Crippen LogP contribution is 2.23. The number of aromatic nitrogens is 1. The molecule has 250 valence electrons. The van der Waals surface area contributed by atoms with E-state index in [4.69, 9.17) is 5.73 Å². The molecule has 0 saturated heterocycles. The van der Waals surface area contributed by atoms with Gasteiger partial charge in [-0.2, -0.15) is 0 Å². The van der Waals surface area contributed by atoms with Crippen molar-refractivity contribution >= 4 is 46.0 Å². The zero-order valence-corrected chi connectivity index (χ0v) is 27.5. The van der Waals surface area contributed by atoms with Crippen molar-refractivity contribution in [2.45, 2.75) is 65.0 Å². The molecule has 4 rings (SSSR count). The van der Waals surface area contributed by atoms with E-state index in [1.807, 2.05) is 91.0 Å². The highest BCUT2D eigenvalue weighted by Gasteiger charge is 2.35. The first-order valence-electron chi connectivity index (χ1n) is 16.0. The Morgan fingerprint density at radius 3 is 2.02 bits per heavy atom. The number of hydrogen-bond acceptors (Lipinski definition) is 6. The second-order valence-corrected chi connectivity index (χ2v) is 12.9. The second-order valence-electron chi connectivity index (χ2n) is 12.9. The van der Waals surface area contributed by atoms with Crippen molar-refractivity contribution < 1.29 is 28.8 Å². The summed E-state index contributed by atoms with van der Waals surface area (Å²) in [6.45, 7) is 4.46. The van der Waals surface area contributed by atoms with Gasteiger partial charge in [0.2, 0.25) is 17.6 Å². The first-order chi connectivity index (χ1) is 22.8. The van der Waals surface area contributed by atoms with Crippen LogP contribution in [0.25, 0.3) is 10.9 Å². The van der Waals surface area contributed by atoms with Crippen molar-refractivity contribution in [1.29, 1.82) is 0 Å². The van der Waals surface area contributed by atoms with Gasteiger partial charge in [-0.25, -0.2) is 0 Å². The maximum atomic E-state index is 13.5. The Morgan fingerprint density at radius 2 is 1.40 bits per heavy atom. The summed E-state index contributed by atoms with van der Waals surface area (Å²) in [4.78, 5) is 81.7. The third kappa shape index (κ3) is 9.81. The van der Waals surface area contributed by atoms with Crippen LogP contribution in [-0.2, 0) is 48.0 Å². The largest absolute Gasteiger partial charge is 0.369 e. The molecule has 0 fully saturated rings. The third-order valence-corrected chi connectivity index (χ3v) is 8.38. The lowest BCUT2D eigenvalue weighted by atomic mass is 9.84. The minimum Gasteiger partial charge on any atom is -0.369 e. The number of carbonyl (C=O) groups excluding carboxylic acids is 6. The number of aromatic amines is 1. The van der Waals surface area contributed by atoms with Gasteiger partial charge in [-0.05, 0) is 42.0 Å². The van der Waals surface area contributed by atoms with Crippen LogP contribution >= 0.6 is 0 Å². The van der Waals surface area contributed by atoms with Crippen LogP contribution in [0.3, 0.4) is 0 Å². The van der Waals surface area contributed by atoms with Crippen molar-refractivity contribution in [2.24, 2.45) is 17.1 Å². The highest BCUT2D eigenvalue weighted by atomic mass is 16.2. The van der Waals surface area contributed by atoms with Gasteiger partial charge in [0, 0.05) is 42.8 Å². The predicted molar refractivity (Wildman–Crippen MR) is 183 cm³/mol. The molecule has 1 heterocycles. The van der Waals surface area contributed by atoms with Gasteiger partial charge < -0.3 is 21.4 Å². The summed E-state index contributed by atoms with van der Waals surface area (Å²) in [7, 11) is 0. The summed E-state index contributed by atoms with van der Waals surface area (Å²) >= 11 is 0. The Kier molecular flexibility index (Phi) is 11.8. The van der Waals surface area contributed by atoms with Crippen molar-refractivity contribution in [3.05, 3.63) is 108 Å². The SMILES string of the molecule is CC(NC(=O)[C@@H](CC(=O)Cc1ccccc1)Cc1ccccc1)C(=O)C(=O)N[C@@H](Cc1cc2ccccc2[nH]1)C(=O)CC(C)(C)C(N)=O. The lowest BCUT2D eigenvalue weighted by Crippen LogP contribution is -2.52. The molecule has 48 heavy (non-hydrogen) atoms. The molecule has 0 aliphatic rings. The van der Waals surface area contributed by atoms with Crippen LogP contribution in [0.4, 0.5) is 0 Å². The molecular weight excluding hydrogens is 608 g/mol. The molecule has 0 aliphatic carbocycles. The van der Waals surface area contributed by atoms with E-state index in [1.54, 1.807) is 0 Å². The molecule has 5 N–H and O–H groups in total. The third-order valence-electron chi connectivity index (χ3n) is 8.38. The average molecular weight is 651 g/mol. The van der Waals surface area contributed by atoms with Crippen molar-refractivity contribution in [1.82, 2.24) is 15.6 Å². The quantitative estimate of drug-likeness (QED) is 0.127. The second kappa shape index (κ2) is 15.9. The minimum atomic E-state index is -1.24. The lowest BCUT2D eigenvalue weighted by molar-refractivity contribution is -0.142. The number of H-pyrrole nitrogens is 1.